The number of hydrogen-bond acceptors (Lipinski definition) is 5. The lowest BCUT2D eigenvalue weighted by atomic mass is 9.79. The number of hydrogen-bond donors (Lipinski definition) is 1. The van der Waals surface area contributed by atoms with E-state index in [-0.39, 0.29) is 21.8 Å². The molecule has 0 atom stereocenters. The fourth-order valence-corrected chi connectivity index (χ4v) is 6.33. The van der Waals surface area contributed by atoms with Gasteiger partial charge in [0.2, 0.25) is 0 Å². The van der Waals surface area contributed by atoms with Gasteiger partial charge in [-0.15, -0.1) is 0 Å². The van der Waals surface area contributed by atoms with Crippen molar-refractivity contribution in [2.75, 3.05) is 5.32 Å². The Balaban J connectivity index is 1.45. The first-order valence-corrected chi connectivity index (χ1v) is 15.3. The molecule has 0 saturated heterocycles. The van der Waals surface area contributed by atoms with Gasteiger partial charge in [0.05, 0.1) is 10.6 Å². The molecular formula is C27H33ClFN3O3Si. The second-order valence-electron chi connectivity index (χ2n) is 11.4. The standard InChI is InChI=1S/C27H33ClFN3O3Si/c1-16-8-9-30-14-20(16)19-10-17-11-22(31-15-21(17)23(28)24(19)29)32-25(33)34-18-12-27(5,13-18)35-36(6,7)26(2,3)4/h8-11,14-15,18H,12-13H2,1-7H3,(H,31,32,33). The number of fused-ring (bicyclic) bond motifs is 1. The van der Waals surface area contributed by atoms with Crippen LogP contribution in [-0.4, -0.2) is 36.1 Å². The van der Waals surface area contributed by atoms with Gasteiger partial charge in [0, 0.05) is 47.9 Å². The monoisotopic (exact) mass is 529 g/mol. The number of ether oxygens (including phenoxy) is 1. The van der Waals surface area contributed by atoms with Crippen molar-refractivity contribution in [3.63, 3.8) is 0 Å². The maximum Gasteiger partial charge on any atom is 0.413 e. The molecule has 3 aromatic rings. The second kappa shape index (κ2) is 9.39. The van der Waals surface area contributed by atoms with Crippen molar-refractivity contribution in [2.24, 2.45) is 0 Å². The predicted molar refractivity (Wildman–Crippen MR) is 144 cm³/mol. The van der Waals surface area contributed by atoms with E-state index in [9.17, 15) is 4.79 Å². The first kappa shape index (κ1) is 26.5. The molecule has 9 heteroatoms. The van der Waals surface area contributed by atoms with Gasteiger partial charge in [-0.3, -0.25) is 10.3 Å². The summed E-state index contributed by atoms with van der Waals surface area (Å²) in [4.78, 5) is 20.9. The van der Waals surface area contributed by atoms with Crippen LogP contribution in [-0.2, 0) is 9.16 Å². The molecule has 6 nitrogen and oxygen atoms in total. The summed E-state index contributed by atoms with van der Waals surface area (Å²) < 4.78 is 27.2. The van der Waals surface area contributed by atoms with Crippen LogP contribution in [0, 0.1) is 12.7 Å². The molecule has 0 radical (unpaired) electrons. The number of rotatable bonds is 5. The number of carbonyl (C=O) groups excluding carboxylic acids is 1. The van der Waals surface area contributed by atoms with Gasteiger partial charge >= 0.3 is 6.09 Å². The molecule has 2 aromatic heterocycles. The van der Waals surface area contributed by atoms with E-state index >= 15 is 4.39 Å². The molecule has 0 spiro atoms. The van der Waals surface area contributed by atoms with E-state index < -0.39 is 20.2 Å². The molecule has 1 aromatic carbocycles. The lowest BCUT2D eigenvalue weighted by Crippen LogP contribution is -2.56. The van der Waals surface area contributed by atoms with Crippen molar-refractivity contribution < 1.29 is 18.3 Å². The number of pyridine rings is 2. The predicted octanol–water partition coefficient (Wildman–Crippen LogP) is 7.89. The number of amides is 1. The fourth-order valence-electron chi connectivity index (χ4n) is 4.36. The largest absolute Gasteiger partial charge is 0.446 e. The Bertz CT molecular complexity index is 1320. The molecule has 0 bridgehead atoms. The summed E-state index contributed by atoms with van der Waals surface area (Å²) in [5.74, 6) is -0.237. The van der Waals surface area contributed by atoms with E-state index in [1.165, 1.54) is 6.20 Å². The van der Waals surface area contributed by atoms with E-state index in [2.05, 4.69) is 56.1 Å². The first-order valence-electron chi connectivity index (χ1n) is 12.1. The highest BCUT2D eigenvalue weighted by molar-refractivity contribution is 6.74. The summed E-state index contributed by atoms with van der Waals surface area (Å²) >= 11 is 6.33. The highest BCUT2D eigenvalue weighted by atomic mass is 35.5. The molecule has 1 N–H and O–H groups in total. The number of carbonyl (C=O) groups is 1. The van der Waals surface area contributed by atoms with Gasteiger partial charge in [-0.05, 0) is 61.1 Å². The smallest absolute Gasteiger partial charge is 0.413 e. The van der Waals surface area contributed by atoms with Gasteiger partial charge in [0.1, 0.15) is 17.7 Å². The Kier molecular flexibility index (Phi) is 6.92. The number of anilines is 1. The topological polar surface area (TPSA) is 73.3 Å². The van der Waals surface area contributed by atoms with Crippen LogP contribution in [0.1, 0.15) is 46.1 Å². The summed E-state index contributed by atoms with van der Waals surface area (Å²) in [5.41, 5.74) is 1.59. The van der Waals surface area contributed by atoms with Gasteiger partial charge < -0.3 is 9.16 Å². The van der Waals surface area contributed by atoms with Crippen molar-refractivity contribution >= 4 is 42.6 Å². The number of aryl methyl sites for hydroxylation is 1. The van der Waals surface area contributed by atoms with Crippen LogP contribution < -0.4 is 5.32 Å². The molecule has 192 valence electrons. The second-order valence-corrected chi connectivity index (χ2v) is 16.5. The highest BCUT2D eigenvalue weighted by Gasteiger charge is 2.50. The average Bonchev–Trinajstić information content (AvgIpc) is 2.74. The summed E-state index contributed by atoms with van der Waals surface area (Å²) in [5, 5.41) is 3.87. The van der Waals surface area contributed by atoms with E-state index in [1.807, 2.05) is 13.0 Å². The lowest BCUT2D eigenvalue weighted by Gasteiger charge is -2.51. The number of halogens is 2. The Morgan fingerprint density at radius 2 is 1.92 bits per heavy atom. The molecule has 1 fully saturated rings. The normalized spacial score (nSPS) is 20.2. The third kappa shape index (κ3) is 5.26. The van der Waals surface area contributed by atoms with Gasteiger partial charge in [0.25, 0.3) is 0 Å². The Morgan fingerprint density at radius 1 is 1.22 bits per heavy atom. The van der Waals surface area contributed by atoms with Crippen LogP contribution in [0.25, 0.3) is 21.9 Å². The lowest BCUT2D eigenvalue weighted by molar-refractivity contribution is -0.0911. The number of nitrogens with zero attached hydrogens (tertiary/aromatic N) is 2. The third-order valence-electron chi connectivity index (χ3n) is 7.36. The zero-order valence-corrected chi connectivity index (χ0v) is 23.6. The van der Waals surface area contributed by atoms with Crippen LogP contribution in [0.2, 0.25) is 23.2 Å². The maximum absolute atomic E-state index is 15.0. The quantitative estimate of drug-likeness (QED) is 0.340. The van der Waals surface area contributed by atoms with E-state index in [4.69, 9.17) is 20.8 Å². The Morgan fingerprint density at radius 3 is 2.56 bits per heavy atom. The third-order valence-corrected chi connectivity index (χ3v) is 12.3. The Labute approximate surface area is 217 Å². The van der Waals surface area contributed by atoms with Gasteiger partial charge in [-0.2, -0.15) is 0 Å². The SMILES string of the molecule is Cc1ccncc1-c1cc2cc(NC(=O)OC3CC(C)(O[Si](C)(C)C(C)(C)C)C3)ncc2c(Cl)c1F. The first-order chi connectivity index (χ1) is 16.7. The van der Waals surface area contributed by atoms with Gasteiger partial charge in [-0.25, -0.2) is 14.2 Å². The van der Waals surface area contributed by atoms with Crippen LogP contribution in [0.3, 0.4) is 0 Å². The minimum Gasteiger partial charge on any atom is -0.446 e. The van der Waals surface area contributed by atoms with E-state index in [0.717, 1.165) is 5.56 Å². The summed E-state index contributed by atoms with van der Waals surface area (Å²) in [6.07, 6.45) is 5.21. The molecule has 0 unspecified atom stereocenters. The van der Waals surface area contributed by atoms with Crippen molar-refractivity contribution in [3.8, 4) is 11.1 Å². The van der Waals surface area contributed by atoms with Crippen LogP contribution in [0.4, 0.5) is 15.0 Å². The Hall–Kier alpha value is -2.55. The molecule has 36 heavy (non-hydrogen) atoms. The fraction of sp³-hybridized carbons (Fsp3) is 0.444. The van der Waals surface area contributed by atoms with Crippen LogP contribution in [0.15, 0.2) is 36.8 Å². The molecule has 1 saturated carbocycles. The zero-order valence-electron chi connectivity index (χ0n) is 21.8. The highest BCUT2D eigenvalue weighted by Crippen LogP contribution is 2.46. The number of aromatic nitrogens is 2. The van der Waals surface area contributed by atoms with Crippen molar-refractivity contribution in [2.45, 2.75) is 77.3 Å². The van der Waals surface area contributed by atoms with Crippen molar-refractivity contribution in [3.05, 3.63) is 53.2 Å². The van der Waals surface area contributed by atoms with Gasteiger partial charge in [0.15, 0.2) is 8.32 Å². The molecule has 1 amide bonds. The molecule has 2 heterocycles. The molecule has 1 aliphatic rings. The number of nitrogens with one attached hydrogen (secondary N) is 1. The molecule has 1 aliphatic carbocycles. The van der Waals surface area contributed by atoms with Crippen LogP contribution in [0.5, 0.6) is 0 Å². The zero-order chi connectivity index (χ0) is 26.5. The summed E-state index contributed by atoms with van der Waals surface area (Å²) in [7, 11) is -1.92. The molecular weight excluding hydrogens is 497 g/mol. The van der Waals surface area contributed by atoms with Crippen LogP contribution >= 0.6 is 11.6 Å². The average molecular weight is 530 g/mol. The van der Waals surface area contributed by atoms with Gasteiger partial charge in [-0.1, -0.05) is 32.4 Å². The van der Waals surface area contributed by atoms with Crippen molar-refractivity contribution in [1.29, 1.82) is 0 Å². The maximum atomic E-state index is 15.0. The van der Waals surface area contributed by atoms with Crippen molar-refractivity contribution in [1.82, 2.24) is 9.97 Å². The molecule has 4 rings (SSSR count). The minimum absolute atomic E-state index is 0.0251. The number of benzene rings is 1. The van der Waals surface area contributed by atoms with E-state index in [0.29, 0.717) is 40.6 Å². The van der Waals surface area contributed by atoms with E-state index in [1.54, 1.807) is 24.5 Å². The summed E-state index contributed by atoms with van der Waals surface area (Å²) in [6.45, 7) is 15.0. The summed E-state index contributed by atoms with van der Waals surface area (Å²) in [6, 6.07) is 5.15. The molecule has 0 aliphatic heterocycles. The minimum atomic E-state index is -1.92.